The quantitative estimate of drug-likeness (QED) is 0.432. The number of benzene rings is 1. The van der Waals surface area contributed by atoms with E-state index in [4.69, 9.17) is 9.72 Å². The number of ether oxygens (including phenoxy) is 1. The topological polar surface area (TPSA) is 22.1 Å². The molecule has 1 aliphatic carbocycles. The normalized spacial score (nSPS) is 19.8. The van der Waals surface area contributed by atoms with Crippen LogP contribution in [0.3, 0.4) is 0 Å². The number of rotatable bonds is 9. The summed E-state index contributed by atoms with van der Waals surface area (Å²) in [4.78, 5) is 4.82. The summed E-state index contributed by atoms with van der Waals surface area (Å²) in [6.45, 7) is 5.01. The zero-order valence-electron chi connectivity index (χ0n) is 17.1. The van der Waals surface area contributed by atoms with Crippen molar-refractivity contribution in [2.75, 3.05) is 6.61 Å². The van der Waals surface area contributed by atoms with Crippen LogP contribution in [0, 0.1) is 5.92 Å². The van der Waals surface area contributed by atoms with Crippen molar-refractivity contribution >= 4 is 0 Å². The van der Waals surface area contributed by atoms with Crippen molar-refractivity contribution in [2.24, 2.45) is 5.92 Å². The summed E-state index contributed by atoms with van der Waals surface area (Å²) in [5.74, 6) is 2.55. The minimum atomic E-state index is 0.659. The van der Waals surface area contributed by atoms with Gasteiger partial charge in [0, 0.05) is 23.4 Å². The number of hydrogen-bond donors (Lipinski definition) is 0. The van der Waals surface area contributed by atoms with Gasteiger partial charge in [0.1, 0.15) is 5.75 Å². The molecule has 0 aliphatic heterocycles. The Labute approximate surface area is 165 Å². The van der Waals surface area contributed by atoms with E-state index in [1.165, 1.54) is 74.6 Å². The largest absolute Gasteiger partial charge is 0.494 e. The van der Waals surface area contributed by atoms with Crippen molar-refractivity contribution in [1.29, 1.82) is 0 Å². The van der Waals surface area contributed by atoms with Crippen molar-refractivity contribution in [3.8, 4) is 16.9 Å². The summed E-state index contributed by atoms with van der Waals surface area (Å²) in [5.41, 5.74) is 3.67. The first-order valence-corrected chi connectivity index (χ1v) is 11.0. The lowest BCUT2D eigenvalue weighted by Gasteiger charge is -2.28. The first-order valence-electron chi connectivity index (χ1n) is 11.0. The third-order valence-electron chi connectivity index (χ3n) is 6.02. The molecule has 0 N–H and O–H groups in total. The van der Waals surface area contributed by atoms with Crippen LogP contribution in [0.1, 0.15) is 83.2 Å². The van der Waals surface area contributed by atoms with Crippen LogP contribution in [0.2, 0.25) is 0 Å². The Morgan fingerprint density at radius 3 is 2.22 bits per heavy atom. The molecule has 27 heavy (non-hydrogen) atoms. The van der Waals surface area contributed by atoms with Gasteiger partial charge >= 0.3 is 0 Å². The van der Waals surface area contributed by atoms with Crippen LogP contribution in [0.25, 0.3) is 11.1 Å². The molecular formula is C25H35NO. The maximum Gasteiger partial charge on any atom is 0.119 e. The van der Waals surface area contributed by atoms with E-state index in [2.05, 4.69) is 31.2 Å². The van der Waals surface area contributed by atoms with Gasteiger partial charge in [0.15, 0.2) is 0 Å². The van der Waals surface area contributed by atoms with Gasteiger partial charge in [-0.25, -0.2) is 0 Å². The molecule has 146 valence electrons. The van der Waals surface area contributed by atoms with Crippen LogP contribution in [-0.2, 0) is 0 Å². The minimum Gasteiger partial charge on any atom is -0.494 e. The molecule has 1 heterocycles. The van der Waals surface area contributed by atoms with Crippen LogP contribution < -0.4 is 4.74 Å². The van der Waals surface area contributed by atoms with Gasteiger partial charge in [-0.2, -0.15) is 0 Å². The van der Waals surface area contributed by atoms with E-state index < -0.39 is 0 Å². The van der Waals surface area contributed by atoms with Gasteiger partial charge in [0.25, 0.3) is 0 Å². The number of nitrogens with zero attached hydrogens (tertiary/aromatic N) is 1. The lowest BCUT2D eigenvalue weighted by Crippen LogP contribution is -2.14. The lowest BCUT2D eigenvalue weighted by molar-refractivity contribution is 0.299. The fraction of sp³-hybridized carbons (Fsp3) is 0.560. The molecule has 2 aromatic rings. The van der Waals surface area contributed by atoms with Crippen LogP contribution in [0.15, 0.2) is 42.6 Å². The first-order chi connectivity index (χ1) is 13.3. The number of unbranched alkanes of at least 4 members (excludes halogenated alkanes) is 3. The molecule has 0 amide bonds. The molecule has 0 saturated heterocycles. The lowest BCUT2D eigenvalue weighted by atomic mass is 9.78. The molecule has 1 saturated carbocycles. The Morgan fingerprint density at radius 1 is 0.852 bits per heavy atom. The van der Waals surface area contributed by atoms with E-state index in [1.807, 2.05) is 25.3 Å². The van der Waals surface area contributed by atoms with E-state index in [0.717, 1.165) is 11.7 Å². The highest BCUT2D eigenvalue weighted by Gasteiger charge is 2.22. The van der Waals surface area contributed by atoms with Crippen molar-refractivity contribution in [3.05, 3.63) is 48.3 Å². The molecule has 2 heteroatoms. The summed E-state index contributed by atoms with van der Waals surface area (Å²) in [5, 5.41) is 0. The Morgan fingerprint density at radius 2 is 1.59 bits per heavy atom. The average molecular weight is 366 g/mol. The molecule has 3 rings (SSSR count). The second-order valence-corrected chi connectivity index (χ2v) is 8.00. The van der Waals surface area contributed by atoms with Gasteiger partial charge in [-0.3, -0.25) is 4.98 Å². The number of hydrogen-bond acceptors (Lipinski definition) is 2. The summed E-state index contributed by atoms with van der Waals surface area (Å²) < 4.78 is 5.52. The Bertz CT molecular complexity index is 654. The molecule has 0 atom stereocenters. The molecule has 1 aromatic carbocycles. The SMILES string of the molecule is CCCCCC[C@H]1CC[C@H](c2ccc(-c3ccc(OCC)cc3)cn2)CC1. The molecular weight excluding hydrogens is 330 g/mol. The average Bonchev–Trinajstić information content (AvgIpc) is 2.73. The highest BCUT2D eigenvalue weighted by atomic mass is 16.5. The van der Waals surface area contributed by atoms with Gasteiger partial charge in [-0.15, -0.1) is 0 Å². The Balaban J connectivity index is 1.50. The van der Waals surface area contributed by atoms with Gasteiger partial charge in [-0.1, -0.05) is 57.2 Å². The minimum absolute atomic E-state index is 0.659. The second kappa shape index (κ2) is 10.5. The van der Waals surface area contributed by atoms with E-state index in [1.54, 1.807) is 0 Å². The third kappa shape index (κ3) is 5.82. The Kier molecular flexibility index (Phi) is 7.74. The molecule has 2 nitrogen and oxygen atoms in total. The smallest absolute Gasteiger partial charge is 0.119 e. The standard InChI is InChI=1S/C25H35NO/c1-3-5-6-7-8-20-9-11-22(12-10-20)25-18-15-23(19-26-25)21-13-16-24(17-14-21)27-4-2/h13-20,22H,3-12H2,1-2H3/t20-,22-. The molecule has 0 spiro atoms. The van der Waals surface area contributed by atoms with Crippen LogP contribution in [-0.4, -0.2) is 11.6 Å². The summed E-state index contributed by atoms with van der Waals surface area (Å²) in [7, 11) is 0. The van der Waals surface area contributed by atoms with Crippen LogP contribution >= 0.6 is 0 Å². The molecule has 1 aromatic heterocycles. The maximum absolute atomic E-state index is 5.52. The third-order valence-corrected chi connectivity index (χ3v) is 6.02. The zero-order chi connectivity index (χ0) is 18.9. The van der Waals surface area contributed by atoms with E-state index >= 15 is 0 Å². The van der Waals surface area contributed by atoms with E-state index in [9.17, 15) is 0 Å². The molecule has 1 fully saturated rings. The Hall–Kier alpha value is -1.83. The first kappa shape index (κ1) is 19.9. The van der Waals surface area contributed by atoms with E-state index in [-0.39, 0.29) is 0 Å². The molecule has 0 radical (unpaired) electrons. The van der Waals surface area contributed by atoms with E-state index in [0.29, 0.717) is 12.5 Å². The van der Waals surface area contributed by atoms with Crippen LogP contribution in [0.5, 0.6) is 5.75 Å². The van der Waals surface area contributed by atoms with Crippen molar-refractivity contribution in [1.82, 2.24) is 4.98 Å². The molecule has 1 aliphatic rings. The predicted molar refractivity (Wildman–Crippen MR) is 114 cm³/mol. The van der Waals surface area contributed by atoms with Crippen molar-refractivity contribution < 1.29 is 4.74 Å². The maximum atomic E-state index is 5.52. The summed E-state index contributed by atoms with van der Waals surface area (Å²) in [6.07, 6.45) is 14.5. The van der Waals surface area contributed by atoms with Crippen LogP contribution in [0.4, 0.5) is 0 Å². The zero-order valence-corrected chi connectivity index (χ0v) is 17.1. The van der Waals surface area contributed by atoms with Gasteiger partial charge in [-0.05, 0) is 62.3 Å². The predicted octanol–water partition coefficient (Wildman–Crippen LogP) is 7.39. The fourth-order valence-corrected chi connectivity index (χ4v) is 4.33. The number of pyridine rings is 1. The summed E-state index contributed by atoms with van der Waals surface area (Å²) >= 11 is 0. The monoisotopic (exact) mass is 365 g/mol. The van der Waals surface area contributed by atoms with Gasteiger partial charge in [0.2, 0.25) is 0 Å². The number of aromatic nitrogens is 1. The highest BCUT2D eigenvalue weighted by Crippen LogP contribution is 2.37. The summed E-state index contributed by atoms with van der Waals surface area (Å²) in [6, 6.07) is 12.8. The van der Waals surface area contributed by atoms with Crippen molar-refractivity contribution in [2.45, 2.75) is 77.6 Å². The second-order valence-electron chi connectivity index (χ2n) is 8.00. The molecule has 0 unspecified atom stereocenters. The highest BCUT2D eigenvalue weighted by molar-refractivity contribution is 5.63. The van der Waals surface area contributed by atoms with Gasteiger partial charge in [0.05, 0.1) is 6.61 Å². The van der Waals surface area contributed by atoms with Gasteiger partial charge < -0.3 is 4.74 Å². The van der Waals surface area contributed by atoms with Crippen molar-refractivity contribution in [3.63, 3.8) is 0 Å². The molecule has 0 bridgehead atoms. The fourth-order valence-electron chi connectivity index (χ4n) is 4.33.